The van der Waals surface area contributed by atoms with E-state index in [-0.39, 0.29) is 29.3 Å². The third-order valence-electron chi connectivity index (χ3n) is 4.84. The van der Waals surface area contributed by atoms with Gasteiger partial charge in [-0.1, -0.05) is 24.3 Å². The molecule has 8 nitrogen and oxygen atoms in total. The molecule has 0 saturated heterocycles. The number of rotatable bonds is 7. The highest BCUT2D eigenvalue weighted by atomic mass is 32.2. The quantitative estimate of drug-likeness (QED) is 0.623. The van der Waals surface area contributed by atoms with Crippen molar-refractivity contribution in [2.75, 3.05) is 6.26 Å². The maximum Gasteiger partial charge on any atom is 0.257 e. The number of sulfone groups is 1. The van der Waals surface area contributed by atoms with Gasteiger partial charge >= 0.3 is 0 Å². The molecule has 1 N–H and O–H groups in total. The minimum atomic E-state index is -3.28. The van der Waals surface area contributed by atoms with Crippen molar-refractivity contribution < 1.29 is 17.9 Å². The second-order valence-electron chi connectivity index (χ2n) is 7.43. The first-order chi connectivity index (χ1) is 14.3. The average molecular weight is 426 g/mol. The van der Waals surface area contributed by atoms with Gasteiger partial charge in [0.15, 0.2) is 15.5 Å². The highest BCUT2D eigenvalue weighted by Gasteiger charge is 2.32. The maximum absolute atomic E-state index is 13.1. The summed E-state index contributed by atoms with van der Waals surface area (Å²) in [7, 11) is -1.52. The van der Waals surface area contributed by atoms with E-state index in [0.717, 1.165) is 24.5 Å². The molecule has 1 unspecified atom stereocenters. The number of nitrogens with one attached hydrogen (secondary N) is 1. The Morgan fingerprint density at radius 2 is 2.03 bits per heavy atom. The van der Waals surface area contributed by atoms with Crippen molar-refractivity contribution in [2.24, 2.45) is 13.0 Å². The number of benzene rings is 1. The molecule has 1 atom stereocenters. The van der Waals surface area contributed by atoms with E-state index >= 15 is 0 Å². The van der Waals surface area contributed by atoms with Crippen LogP contribution in [0.25, 0.3) is 11.0 Å². The molecule has 0 spiro atoms. The van der Waals surface area contributed by atoms with E-state index in [0.29, 0.717) is 16.8 Å². The molecular formula is C21H22N4O4S. The number of pyridine rings is 1. The number of aromatic nitrogens is 3. The number of carbonyl (C=O) groups excluding carboxylic acids is 1. The number of ether oxygens (including phenoxy) is 1. The Bertz CT molecular complexity index is 1210. The monoisotopic (exact) mass is 426 g/mol. The third kappa shape index (κ3) is 4.68. The molecular weight excluding hydrogens is 404 g/mol. The number of aryl methyl sites for hydroxylation is 1. The van der Waals surface area contributed by atoms with Crippen molar-refractivity contribution in [3.8, 4) is 11.6 Å². The predicted octanol–water partition coefficient (Wildman–Crippen LogP) is 2.83. The Hall–Kier alpha value is -3.20. The fraction of sp³-hybridized carbons (Fsp3) is 0.286. The lowest BCUT2D eigenvalue weighted by molar-refractivity contribution is 0.0938. The van der Waals surface area contributed by atoms with E-state index in [2.05, 4.69) is 15.4 Å². The fourth-order valence-corrected chi connectivity index (χ4v) is 3.59. The molecule has 4 rings (SSSR count). The van der Waals surface area contributed by atoms with Gasteiger partial charge in [0.1, 0.15) is 11.3 Å². The summed E-state index contributed by atoms with van der Waals surface area (Å²) < 4.78 is 30.5. The average Bonchev–Trinajstić information content (AvgIpc) is 3.49. The fourth-order valence-electron chi connectivity index (χ4n) is 3.14. The van der Waals surface area contributed by atoms with Crippen LogP contribution in [0.1, 0.15) is 23.2 Å². The molecule has 3 aromatic rings. The molecule has 0 radical (unpaired) electrons. The number of hydrogen-bond acceptors (Lipinski definition) is 6. The van der Waals surface area contributed by atoms with E-state index in [1.165, 1.54) is 0 Å². The van der Waals surface area contributed by atoms with Gasteiger partial charge in [0, 0.05) is 24.1 Å². The van der Waals surface area contributed by atoms with Gasteiger partial charge < -0.3 is 10.1 Å². The van der Waals surface area contributed by atoms with Gasteiger partial charge in [0.25, 0.3) is 5.91 Å². The van der Waals surface area contributed by atoms with Gasteiger partial charge in [0.2, 0.25) is 5.88 Å². The summed E-state index contributed by atoms with van der Waals surface area (Å²) in [5.41, 5.74) is 0.853. The topological polar surface area (TPSA) is 103 Å². The van der Waals surface area contributed by atoms with Crippen LogP contribution in [0, 0.1) is 5.92 Å². The molecule has 156 valence electrons. The number of para-hydroxylation sites is 1. The zero-order chi connectivity index (χ0) is 21.3. The molecule has 2 heterocycles. The molecule has 1 aromatic carbocycles. The van der Waals surface area contributed by atoms with Crippen molar-refractivity contribution in [3.05, 3.63) is 59.6 Å². The zero-order valence-electron chi connectivity index (χ0n) is 16.6. The predicted molar refractivity (Wildman–Crippen MR) is 113 cm³/mol. The smallest absolute Gasteiger partial charge is 0.257 e. The highest BCUT2D eigenvalue weighted by Crippen LogP contribution is 2.34. The third-order valence-corrected chi connectivity index (χ3v) is 5.49. The zero-order valence-corrected chi connectivity index (χ0v) is 17.5. The van der Waals surface area contributed by atoms with Crippen LogP contribution < -0.4 is 10.1 Å². The largest absolute Gasteiger partial charge is 0.438 e. The Labute approximate surface area is 174 Å². The first-order valence-corrected chi connectivity index (χ1v) is 11.5. The van der Waals surface area contributed by atoms with E-state index in [1.807, 2.05) is 18.2 Å². The number of fused-ring (bicyclic) bond motifs is 1. The Kier molecular flexibility index (Phi) is 5.29. The van der Waals surface area contributed by atoms with Crippen molar-refractivity contribution in [1.29, 1.82) is 0 Å². The highest BCUT2D eigenvalue weighted by molar-refractivity contribution is 7.93. The van der Waals surface area contributed by atoms with Crippen LogP contribution in [0.5, 0.6) is 11.6 Å². The van der Waals surface area contributed by atoms with E-state index < -0.39 is 9.84 Å². The van der Waals surface area contributed by atoms with Crippen LogP contribution in [0.3, 0.4) is 0 Å². The minimum absolute atomic E-state index is 0.163. The number of amides is 1. The molecule has 30 heavy (non-hydrogen) atoms. The van der Waals surface area contributed by atoms with Crippen molar-refractivity contribution in [3.63, 3.8) is 0 Å². The summed E-state index contributed by atoms with van der Waals surface area (Å²) >= 11 is 0. The molecule has 1 aliphatic rings. The van der Waals surface area contributed by atoms with E-state index in [4.69, 9.17) is 4.74 Å². The molecule has 9 heteroatoms. The van der Waals surface area contributed by atoms with Crippen molar-refractivity contribution in [2.45, 2.75) is 18.9 Å². The maximum atomic E-state index is 13.1. The van der Waals surface area contributed by atoms with E-state index in [1.54, 1.807) is 42.2 Å². The molecule has 0 bridgehead atoms. The summed E-state index contributed by atoms with van der Waals surface area (Å²) in [6, 6.07) is 10.4. The SMILES string of the molecule is Cn1ncc2cc(C(=O)NC(/C=C/S(C)(=O)=O)C3CC3)c(Oc3ccccc3)nc21. The second kappa shape index (κ2) is 7.91. The van der Waals surface area contributed by atoms with Crippen molar-refractivity contribution >= 4 is 26.8 Å². The van der Waals surface area contributed by atoms with Crippen LogP contribution in [0.2, 0.25) is 0 Å². The van der Waals surface area contributed by atoms with Gasteiger partial charge in [-0.05, 0) is 37.0 Å². The normalized spacial score (nSPS) is 15.4. The van der Waals surface area contributed by atoms with Crippen LogP contribution >= 0.6 is 0 Å². The summed E-state index contributed by atoms with van der Waals surface area (Å²) in [6.07, 6.45) is 6.17. The summed E-state index contributed by atoms with van der Waals surface area (Å²) in [5.74, 6) is 0.558. The van der Waals surface area contributed by atoms with Gasteiger partial charge in [-0.25, -0.2) is 8.42 Å². The summed E-state index contributed by atoms with van der Waals surface area (Å²) in [5, 5.41) is 8.96. The van der Waals surface area contributed by atoms with Gasteiger partial charge in [-0.2, -0.15) is 10.1 Å². The Morgan fingerprint density at radius 3 is 2.70 bits per heavy atom. The standard InChI is InChI=1S/C21H22N4O4S/c1-25-19-15(13-22-25)12-17(21(24-19)29-16-6-4-3-5-7-16)20(26)23-18(14-8-9-14)10-11-30(2,27)28/h3-7,10-14,18H,8-9H2,1-2H3,(H,23,26)/b11-10+. The molecule has 1 aliphatic carbocycles. The molecule has 1 fully saturated rings. The number of hydrogen-bond donors (Lipinski definition) is 1. The second-order valence-corrected chi connectivity index (χ2v) is 9.36. The first kappa shape index (κ1) is 20.1. The number of nitrogens with zero attached hydrogens (tertiary/aromatic N) is 3. The summed E-state index contributed by atoms with van der Waals surface area (Å²) in [6.45, 7) is 0. The Morgan fingerprint density at radius 1 is 1.30 bits per heavy atom. The van der Waals surface area contributed by atoms with Crippen LogP contribution in [-0.2, 0) is 16.9 Å². The minimum Gasteiger partial charge on any atom is -0.438 e. The molecule has 1 amide bonds. The van der Waals surface area contributed by atoms with Gasteiger partial charge in [-0.15, -0.1) is 0 Å². The lowest BCUT2D eigenvalue weighted by atomic mass is 10.1. The number of carbonyl (C=O) groups is 1. The van der Waals surface area contributed by atoms with E-state index in [9.17, 15) is 13.2 Å². The van der Waals surface area contributed by atoms with Crippen LogP contribution in [0.15, 0.2) is 54.1 Å². The Balaban J connectivity index is 1.68. The van der Waals surface area contributed by atoms with Gasteiger partial charge in [0.05, 0.1) is 12.2 Å². The molecule has 2 aromatic heterocycles. The lowest BCUT2D eigenvalue weighted by Gasteiger charge is -2.16. The van der Waals surface area contributed by atoms with Crippen molar-refractivity contribution in [1.82, 2.24) is 20.1 Å². The first-order valence-electron chi connectivity index (χ1n) is 9.55. The molecule has 1 saturated carbocycles. The van der Waals surface area contributed by atoms with Crippen LogP contribution in [0.4, 0.5) is 0 Å². The molecule has 0 aliphatic heterocycles. The van der Waals surface area contributed by atoms with Gasteiger partial charge in [-0.3, -0.25) is 9.48 Å². The lowest BCUT2D eigenvalue weighted by Crippen LogP contribution is -2.35. The summed E-state index contributed by atoms with van der Waals surface area (Å²) in [4.78, 5) is 17.6. The van der Waals surface area contributed by atoms with Crippen LogP contribution in [-0.4, -0.2) is 41.4 Å².